The van der Waals surface area contributed by atoms with Gasteiger partial charge in [0.05, 0.1) is 10.9 Å². The van der Waals surface area contributed by atoms with Gasteiger partial charge in [-0.15, -0.1) is 0 Å². The summed E-state index contributed by atoms with van der Waals surface area (Å²) in [5.41, 5.74) is 8.22. The third-order valence-electron chi connectivity index (χ3n) is 5.08. The van der Waals surface area contributed by atoms with E-state index in [0.29, 0.717) is 24.1 Å². The first-order chi connectivity index (χ1) is 12.8. The number of nitrogens with two attached hydrogens (primary N) is 1. The number of nitrogens with one attached hydrogen (secondary N) is 1. The molecule has 0 fully saturated rings. The van der Waals surface area contributed by atoms with Crippen LogP contribution in [-0.2, 0) is 16.4 Å². The first-order valence-corrected chi connectivity index (χ1v) is 10.1. The van der Waals surface area contributed by atoms with Crippen LogP contribution in [0.25, 0.3) is 5.57 Å². The average molecular weight is 391 g/mol. The number of halogens is 2. The summed E-state index contributed by atoms with van der Waals surface area (Å²) < 4.78 is 50.1. The number of rotatable bonds is 3. The van der Waals surface area contributed by atoms with Crippen molar-refractivity contribution < 1.29 is 17.2 Å². The second kappa shape index (κ2) is 6.40. The van der Waals surface area contributed by atoms with Crippen molar-refractivity contribution in [3.8, 4) is 0 Å². The molecule has 8 heteroatoms. The molecule has 1 atom stereocenters. The van der Waals surface area contributed by atoms with Crippen molar-refractivity contribution in [1.29, 1.82) is 0 Å². The van der Waals surface area contributed by atoms with Crippen molar-refractivity contribution in [3.63, 3.8) is 0 Å². The number of aryl methyl sites for hydroxylation is 2. The molecule has 2 aliphatic rings. The first-order valence-electron chi connectivity index (χ1n) is 8.55. The lowest BCUT2D eigenvalue weighted by Crippen LogP contribution is -2.37. The molecule has 0 aromatic heterocycles. The van der Waals surface area contributed by atoms with E-state index in [1.807, 2.05) is 19.1 Å². The molecule has 142 valence electrons. The van der Waals surface area contributed by atoms with Gasteiger partial charge in [-0.2, -0.15) is 8.78 Å². The molecule has 0 saturated carbocycles. The molecule has 0 radical (unpaired) electrons. The maximum atomic E-state index is 13.6. The van der Waals surface area contributed by atoms with Crippen LogP contribution >= 0.6 is 0 Å². The van der Waals surface area contributed by atoms with Crippen LogP contribution in [0.5, 0.6) is 0 Å². The summed E-state index contributed by atoms with van der Waals surface area (Å²) in [7, 11) is -3.81. The Morgan fingerprint density at radius 2 is 1.85 bits per heavy atom. The number of benzene rings is 2. The molecular formula is C19H19F2N3O2S. The van der Waals surface area contributed by atoms with E-state index < -0.39 is 22.6 Å². The molecule has 0 amide bonds. The third kappa shape index (κ3) is 3.13. The number of sulfonamides is 1. The van der Waals surface area contributed by atoms with Gasteiger partial charge in [-0.25, -0.2) is 19.0 Å². The molecule has 0 spiro atoms. The van der Waals surface area contributed by atoms with Gasteiger partial charge in [-0.3, -0.25) is 5.01 Å². The number of fused-ring (bicyclic) bond motifs is 2. The van der Waals surface area contributed by atoms with Crippen molar-refractivity contribution in [3.05, 3.63) is 70.4 Å². The normalized spacial score (nSPS) is 19.4. The standard InChI is InChI=1S/C19H19F2N3O2S/c1-11-2-8-15-13(10-11)5-9-16-17(15)18(23-24(16)19(20)21)12-3-6-14(7-4-12)27(22,25)26/h2-4,6-8,10,18-19,23H,5,9H2,1H3,(H2,22,25,26). The van der Waals surface area contributed by atoms with Crippen LogP contribution in [0.1, 0.15) is 34.7 Å². The monoisotopic (exact) mass is 391 g/mol. The maximum Gasteiger partial charge on any atom is 0.327 e. The fraction of sp³-hybridized carbons (Fsp3) is 0.263. The van der Waals surface area contributed by atoms with Crippen LogP contribution < -0.4 is 10.6 Å². The lowest BCUT2D eigenvalue weighted by molar-refractivity contribution is -0.0338. The molecular weight excluding hydrogens is 372 g/mol. The minimum Gasteiger partial charge on any atom is -0.252 e. The molecule has 3 N–H and O–H groups in total. The van der Waals surface area contributed by atoms with E-state index in [0.717, 1.165) is 27.3 Å². The zero-order valence-electron chi connectivity index (χ0n) is 14.6. The Balaban J connectivity index is 1.81. The van der Waals surface area contributed by atoms with E-state index in [-0.39, 0.29) is 4.90 Å². The first kappa shape index (κ1) is 18.1. The van der Waals surface area contributed by atoms with Crippen molar-refractivity contribution in [2.24, 2.45) is 5.14 Å². The minimum atomic E-state index is -3.81. The van der Waals surface area contributed by atoms with Crippen LogP contribution in [0.15, 0.2) is 53.1 Å². The Morgan fingerprint density at radius 1 is 1.15 bits per heavy atom. The Morgan fingerprint density at radius 3 is 2.48 bits per heavy atom. The van der Waals surface area contributed by atoms with E-state index in [9.17, 15) is 17.2 Å². The van der Waals surface area contributed by atoms with E-state index in [1.54, 1.807) is 12.1 Å². The molecule has 2 aromatic carbocycles. The fourth-order valence-electron chi connectivity index (χ4n) is 3.85. The number of hydrogen-bond acceptors (Lipinski definition) is 4. The van der Waals surface area contributed by atoms with Gasteiger partial charge in [0.2, 0.25) is 10.0 Å². The Hall–Kier alpha value is -2.29. The number of primary sulfonamides is 1. The van der Waals surface area contributed by atoms with E-state index in [4.69, 9.17) is 5.14 Å². The molecule has 1 aliphatic heterocycles. The molecule has 1 heterocycles. The van der Waals surface area contributed by atoms with Crippen molar-refractivity contribution in [1.82, 2.24) is 10.4 Å². The Labute approximate surface area is 156 Å². The van der Waals surface area contributed by atoms with Gasteiger partial charge in [0.25, 0.3) is 0 Å². The molecule has 27 heavy (non-hydrogen) atoms. The summed E-state index contributed by atoms with van der Waals surface area (Å²) in [6.45, 7) is -0.665. The number of nitrogens with zero attached hydrogens (tertiary/aromatic N) is 1. The summed E-state index contributed by atoms with van der Waals surface area (Å²) in [6.07, 6.45) is 1.23. The molecule has 0 saturated heterocycles. The summed E-state index contributed by atoms with van der Waals surface area (Å²) in [5.74, 6) is 0. The van der Waals surface area contributed by atoms with Crippen molar-refractivity contribution in [2.75, 3.05) is 0 Å². The summed E-state index contributed by atoms with van der Waals surface area (Å²) >= 11 is 0. The third-order valence-corrected chi connectivity index (χ3v) is 6.01. The highest BCUT2D eigenvalue weighted by molar-refractivity contribution is 7.89. The molecule has 0 bridgehead atoms. The van der Waals surface area contributed by atoms with Crippen LogP contribution in [0.3, 0.4) is 0 Å². The molecule has 1 aliphatic carbocycles. The Bertz CT molecular complexity index is 1030. The van der Waals surface area contributed by atoms with Gasteiger partial charge in [0.1, 0.15) is 0 Å². The highest BCUT2D eigenvalue weighted by atomic mass is 32.2. The molecule has 2 aromatic rings. The Kier molecular flexibility index (Phi) is 4.29. The van der Waals surface area contributed by atoms with E-state index in [1.165, 1.54) is 12.1 Å². The number of alkyl halides is 2. The van der Waals surface area contributed by atoms with Gasteiger partial charge in [0, 0.05) is 11.3 Å². The molecule has 1 unspecified atom stereocenters. The SMILES string of the molecule is Cc1ccc2c(c1)CCC1=C2C(c2ccc(S(N)(=O)=O)cc2)NN1C(F)F. The van der Waals surface area contributed by atoms with Crippen LogP contribution in [0, 0.1) is 6.92 Å². The highest BCUT2D eigenvalue weighted by Gasteiger charge is 2.39. The summed E-state index contributed by atoms with van der Waals surface area (Å²) in [6, 6.07) is 11.6. The van der Waals surface area contributed by atoms with Crippen LogP contribution in [-0.4, -0.2) is 20.0 Å². The highest BCUT2D eigenvalue weighted by Crippen LogP contribution is 2.45. The zero-order chi connectivity index (χ0) is 19.3. The van der Waals surface area contributed by atoms with Crippen LogP contribution in [0.4, 0.5) is 8.78 Å². The lowest BCUT2D eigenvalue weighted by Gasteiger charge is -2.24. The van der Waals surface area contributed by atoms with E-state index in [2.05, 4.69) is 11.5 Å². The maximum absolute atomic E-state index is 13.6. The quantitative estimate of drug-likeness (QED) is 0.789. The minimum absolute atomic E-state index is 0.0103. The van der Waals surface area contributed by atoms with Gasteiger partial charge in [-0.05, 0) is 48.6 Å². The lowest BCUT2D eigenvalue weighted by atomic mass is 9.83. The summed E-state index contributed by atoms with van der Waals surface area (Å²) in [4.78, 5) is -0.0103. The average Bonchev–Trinajstić information content (AvgIpc) is 3.01. The number of hydrogen-bond donors (Lipinski definition) is 2. The van der Waals surface area contributed by atoms with Crippen molar-refractivity contribution in [2.45, 2.75) is 37.3 Å². The fourth-order valence-corrected chi connectivity index (χ4v) is 4.37. The largest absolute Gasteiger partial charge is 0.327 e. The molecule has 5 nitrogen and oxygen atoms in total. The van der Waals surface area contributed by atoms with Crippen molar-refractivity contribution >= 4 is 15.6 Å². The number of allylic oxidation sites excluding steroid dienone is 1. The second-order valence-electron chi connectivity index (χ2n) is 6.84. The molecule has 4 rings (SSSR count). The van der Waals surface area contributed by atoms with Gasteiger partial charge < -0.3 is 0 Å². The van der Waals surface area contributed by atoms with Crippen LogP contribution in [0.2, 0.25) is 0 Å². The predicted octanol–water partition coefficient (Wildman–Crippen LogP) is 3.08. The van der Waals surface area contributed by atoms with E-state index >= 15 is 0 Å². The summed E-state index contributed by atoms with van der Waals surface area (Å²) in [5, 5.41) is 6.07. The van der Waals surface area contributed by atoms with Gasteiger partial charge in [-0.1, -0.05) is 35.9 Å². The second-order valence-corrected chi connectivity index (χ2v) is 8.41. The van der Waals surface area contributed by atoms with Gasteiger partial charge in [0.15, 0.2) is 0 Å². The smallest absolute Gasteiger partial charge is 0.252 e. The predicted molar refractivity (Wildman–Crippen MR) is 98.0 cm³/mol. The topological polar surface area (TPSA) is 75.4 Å². The van der Waals surface area contributed by atoms with Gasteiger partial charge >= 0.3 is 6.55 Å². The number of hydrazine groups is 1. The zero-order valence-corrected chi connectivity index (χ0v) is 15.4.